The second kappa shape index (κ2) is 7.73. The predicted molar refractivity (Wildman–Crippen MR) is 91.9 cm³/mol. The molecule has 0 aromatic heterocycles. The van der Waals surface area contributed by atoms with Crippen LogP contribution in [0.4, 0.5) is 14.9 Å². The number of methoxy groups -OCH3 is 1. The Morgan fingerprint density at radius 2 is 2.08 bits per heavy atom. The van der Waals surface area contributed by atoms with Crippen LogP contribution in [0, 0.1) is 11.7 Å². The minimum absolute atomic E-state index is 0.208. The lowest BCUT2D eigenvalue weighted by molar-refractivity contribution is 0.0519. The van der Waals surface area contributed by atoms with Crippen molar-refractivity contribution < 1.29 is 18.7 Å². The van der Waals surface area contributed by atoms with Gasteiger partial charge in [0.1, 0.15) is 17.2 Å². The Hall–Kier alpha value is -1.98. The standard InChI is InChI=1S/C18H27FN2O3/c1-18(2,3)24-17(22)20-11-12-6-5-7-14(12)21-15-9-8-13(19)10-16(15)23-4/h8-10,12,14,21H,5-7,11H2,1-4H3,(H,20,22). The molecule has 1 aromatic rings. The molecule has 24 heavy (non-hydrogen) atoms. The van der Waals surface area contributed by atoms with E-state index in [1.54, 1.807) is 6.07 Å². The summed E-state index contributed by atoms with van der Waals surface area (Å²) in [7, 11) is 1.52. The molecule has 2 rings (SSSR count). The number of hydrogen-bond donors (Lipinski definition) is 2. The summed E-state index contributed by atoms with van der Waals surface area (Å²) in [6.07, 6.45) is 2.72. The van der Waals surface area contributed by atoms with Gasteiger partial charge in [-0.05, 0) is 51.7 Å². The normalized spacial score (nSPS) is 20.5. The smallest absolute Gasteiger partial charge is 0.407 e. The Morgan fingerprint density at radius 1 is 1.33 bits per heavy atom. The van der Waals surface area contributed by atoms with Gasteiger partial charge >= 0.3 is 6.09 Å². The Balaban J connectivity index is 1.92. The van der Waals surface area contributed by atoms with E-state index in [1.807, 2.05) is 20.8 Å². The minimum Gasteiger partial charge on any atom is -0.494 e. The molecule has 6 heteroatoms. The zero-order valence-electron chi connectivity index (χ0n) is 14.8. The van der Waals surface area contributed by atoms with Crippen LogP contribution < -0.4 is 15.4 Å². The molecule has 2 atom stereocenters. The second-order valence-corrected chi connectivity index (χ2v) is 7.17. The first-order chi connectivity index (χ1) is 11.3. The molecular weight excluding hydrogens is 311 g/mol. The van der Waals surface area contributed by atoms with Gasteiger partial charge < -0.3 is 20.1 Å². The van der Waals surface area contributed by atoms with Gasteiger partial charge in [-0.15, -0.1) is 0 Å². The van der Waals surface area contributed by atoms with Crippen molar-refractivity contribution in [1.29, 1.82) is 0 Å². The molecule has 0 aliphatic heterocycles. The first-order valence-corrected chi connectivity index (χ1v) is 8.35. The van der Waals surface area contributed by atoms with E-state index < -0.39 is 11.7 Å². The van der Waals surface area contributed by atoms with Crippen LogP contribution in [0.5, 0.6) is 5.75 Å². The van der Waals surface area contributed by atoms with Crippen LogP contribution in [0.2, 0.25) is 0 Å². The molecule has 1 aliphatic carbocycles. The number of anilines is 1. The van der Waals surface area contributed by atoms with Gasteiger partial charge in [0.25, 0.3) is 0 Å². The number of carbonyl (C=O) groups is 1. The SMILES string of the molecule is COc1cc(F)ccc1NC1CCCC1CNC(=O)OC(C)(C)C. The number of alkyl carbamates (subject to hydrolysis) is 1. The van der Waals surface area contributed by atoms with Crippen LogP contribution in [0.3, 0.4) is 0 Å². The maximum Gasteiger partial charge on any atom is 0.407 e. The number of rotatable bonds is 5. The van der Waals surface area contributed by atoms with Crippen LogP contribution in [0.25, 0.3) is 0 Å². The molecule has 2 N–H and O–H groups in total. The lowest BCUT2D eigenvalue weighted by atomic mass is 10.0. The molecule has 1 amide bonds. The highest BCUT2D eigenvalue weighted by Crippen LogP contribution is 2.32. The summed E-state index contributed by atoms with van der Waals surface area (Å²) in [5, 5.41) is 6.27. The van der Waals surface area contributed by atoms with Gasteiger partial charge in [0.2, 0.25) is 0 Å². The van der Waals surface area contributed by atoms with Crippen molar-refractivity contribution in [3.8, 4) is 5.75 Å². The Morgan fingerprint density at radius 3 is 2.75 bits per heavy atom. The second-order valence-electron chi connectivity index (χ2n) is 7.17. The van der Waals surface area contributed by atoms with Crippen molar-refractivity contribution >= 4 is 11.8 Å². The monoisotopic (exact) mass is 338 g/mol. The summed E-state index contributed by atoms with van der Waals surface area (Å²) >= 11 is 0. The van der Waals surface area contributed by atoms with Gasteiger partial charge in [0, 0.05) is 18.7 Å². The molecule has 1 aromatic carbocycles. The summed E-state index contributed by atoms with van der Waals surface area (Å²) in [5.74, 6) is 0.458. The number of benzene rings is 1. The van der Waals surface area contributed by atoms with Crippen molar-refractivity contribution in [3.63, 3.8) is 0 Å². The number of ether oxygens (including phenoxy) is 2. The molecule has 5 nitrogen and oxygen atoms in total. The van der Waals surface area contributed by atoms with E-state index in [0.717, 1.165) is 24.9 Å². The summed E-state index contributed by atoms with van der Waals surface area (Å²) in [6, 6.07) is 4.67. The first-order valence-electron chi connectivity index (χ1n) is 8.35. The number of nitrogens with one attached hydrogen (secondary N) is 2. The molecule has 1 saturated carbocycles. The summed E-state index contributed by atoms with van der Waals surface area (Å²) in [5.41, 5.74) is 0.270. The van der Waals surface area contributed by atoms with Crippen LogP contribution >= 0.6 is 0 Å². The fourth-order valence-electron chi connectivity index (χ4n) is 2.98. The highest BCUT2D eigenvalue weighted by atomic mass is 19.1. The Bertz CT molecular complexity index is 572. The van der Waals surface area contributed by atoms with Gasteiger partial charge in [-0.3, -0.25) is 0 Å². The summed E-state index contributed by atoms with van der Waals surface area (Å²) < 4.78 is 23.8. The first kappa shape index (κ1) is 18.4. The van der Waals surface area contributed by atoms with Crippen LogP contribution in [-0.4, -0.2) is 31.4 Å². The van der Waals surface area contributed by atoms with E-state index in [0.29, 0.717) is 18.2 Å². The van der Waals surface area contributed by atoms with Gasteiger partial charge in [0.15, 0.2) is 0 Å². The highest BCUT2D eigenvalue weighted by Gasteiger charge is 2.28. The zero-order valence-corrected chi connectivity index (χ0v) is 14.8. The topological polar surface area (TPSA) is 59.6 Å². The molecule has 2 unspecified atom stereocenters. The van der Waals surface area contributed by atoms with Gasteiger partial charge in [0.05, 0.1) is 12.8 Å². The fourth-order valence-corrected chi connectivity index (χ4v) is 2.98. The fraction of sp³-hybridized carbons (Fsp3) is 0.611. The van der Waals surface area contributed by atoms with E-state index in [4.69, 9.17) is 9.47 Å². The number of amides is 1. The summed E-state index contributed by atoms with van der Waals surface area (Å²) in [4.78, 5) is 11.8. The molecule has 0 saturated heterocycles. The van der Waals surface area contributed by atoms with Crippen molar-refractivity contribution in [3.05, 3.63) is 24.0 Å². The highest BCUT2D eigenvalue weighted by molar-refractivity contribution is 5.67. The lowest BCUT2D eigenvalue weighted by Gasteiger charge is -2.25. The van der Waals surface area contributed by atoms with E-state index in [-0.39, 0.29) is 11.9 Å². The van der Waals surface area contributed by atoms with E-state index in [2.05, 4.69) is 10.6 Å². The zero-order chi connectivity index (χ0) is 17.7. The van der Waals surface area contributed by atoms with Crippen LogP contribution in [-0.2, 0) is 4.74 Å². The predicted octanol–water partition coefficient (Wildman–Crippen LogP) is 3.94. The lowest BCUT2D eigenvalue weighted by Crippen LogP contribution is -2.38. The van der Waals surface area contributed by atoms with Crippen LogP contribution in [0.15, 0.2) is 18.2 Å². The average Bonchev–Trinajstić information content (AvgIpc) is 2.92. The molecule has 1 aliphatic rings. The van der Waals surface area contributed by atoms with Crippen LogP contribution in [0.1, 0.15) is 40.0 Å². The third-order valence-electron chi connectivity index (χ3n) is 4.07. The van der Waals surface area contributed by atoms with Crippen molar-refractivity contribution in [2.24, 2.45) is 5.92 Å². The van der Waals surface area contributed by atoms with Crippen molar-refractivity contribution in [2.75, 3.05) is 19.0 Å². The quantitative estimate of drug-likeness (QED) is 0.854. The molecule has 1 fully saturated rings. The van der Waals surface area contributed by atoms with E-state index in [1.165, 1.54) is 19.2 Å². The maximum atomic E-state index is 13.3. The molecule has 0 spiro atoms. The number of hydrogen-bond acceptors (Lipinski definition) is 4. The van der Waals surface area contributed by atoms with Crippen molar-refractivity contribution in [1.82, 2.24) is 5.32 Å². The van der Waals surface area contributed by atoms with E-state index >= 15 is 0 Å². The molecule has 134 valence electrons. The number of halogens is 1. The Labute approximate surface area is 142 Å². The Kier molecular flexibility index (Phi) is 5.91. The molecular formula is C18H27FN2O3. The van der Waals surface area contributed by atoms with Crippen molar-refractivity contribution in [2.45, 2.75) is 51.7 Å². The van der Waals surface area contributed by atoms with E-state index in [9.17, 15) is 9.18 Å². The average molecular weight is 338 g/mol. The molecule has 0 bridgehead atoms. The molecule has 0 heterocycles. The third-order valence-corrected chi connectivity index (χ3v) is 4.07. The third kappa shape index (κ3) is 5.28. The number of carbonyl (C=O) groups excluding carboxylic acids is 1. The largest absolute Gasteiger partial charge is 0.494 e. The van der Waals surface area contributed by atoms with Gasteiger partial charge in [-0.1, -0.05) is 6.42 Å². The van der Waals surface area contributed by atoms with Gasteiger partial charge in [-0.2, -0.15) is 0 Å². The molecule has 0 radical (unpaired) electrons. The summed E-state index contributed by atoms with van der Waals surface area (Å²) in [6.45, 7) is 6.07. The maximum absolute atomic E-state index is 13.3. The van der Waals surface area contributed by atoms with Gasteiger partial charge in [-0.25, -0.2) is 9.18 Å². The minimum atomic E-state index is -0.501.